The van der Waals surface area contributed by atoms with E-state index in [0.717, 1.165) is 11.6 Å². The maximum absolute atomic E-state index is 6.39. The van der Waals surface area contributed by atoms with Gasteiger partial charge in [0.25, 0.3) is 0 Å². The molecule has 1 N–H and O–H groups in total. The van der Waals surface area contributed by atoms with Gasteiger partial charge in [-0.2, -0.15) is 0 Å². The van der Waals surface area contributed by atoms with Gasteiger partial charge >= 0.3 is 0 Å². The van der Waals surface area contributed by atoms with Gasteiger partial charge in [0.15, 0.2) is 0 Å². The SMILES string of the molecule is CNC1CCN(c2c(C)cccc2Cl)C(C)C1C. The van der Waals surface area contributed by atoms with Crippen LogP contribution in [0, 0.1) is 12.8 Å². The van der Waals surface area contributed by atoms with Crippen molar-refractivity contribution in [2.75, 3.05) is 18.5 Å². The van der Waals surface area contributed by atoms with Gasteiger partial charge in [-0.3, -0.25) is 0 Å². The van der Waals surface area contributed by atoms with Crippen LogP contribution in [0.25, 0.3) is 0 Å². The van der Waals surface area contributed by atoms with Crippen molar-refractivity contribution in [2.45, 2.75) is 39.3 Å². The van der Waals surface area contributed by atoms with Gasteiger partial charge in [-0.15, -0.1) is 0 Å². The van der Waals surface area contributed by atoms with Crippen molar-refractivity contribution in [3.8, 4) is 0 Å². The van der Waals surface area contributed by atoms with E-state index in [0.29, 0.717) is 18.0 Å². The fourth-order valence-corrected chi connectivity index (χ4v) is 3.40. The highest BCUT2D eigenvalue weighted by molar-refractivity contribution is 6.33. The fraction of sp³-hybridized carbons (Fsp3) is 0.600. The Kier molecular flexibility index (Phi) is 4.18. The molecule has 0 saturated carbocycles. The van der Waals surface area contributed by atoms with Crippen molar-refractivity contribution >= 4 is 17.3 Å². The molecule has 1 heterocycles. The van der Waals surface area contributed by atoms with Crippen molar-refractivity contribution < 1.29 is 0 Å². The molecular weight excluding hydrogens is 244 g/mol. The highest BCUT2D eigenvalue weighted by Gasteiger charge is 2.32. The van der Waals surface area contributed by atoms with Gasteiger partial charge in [0.2, 0.25) is 0 Å². The highest BCUT2D eigenvalue weighted by atomic mass is 35.5. The number of nitrogens with zero attached hydrogens (tertiary/aromatic N) is 1. The average Bonchev–Trinajstić information content (AvgIpc) is 2.34. The molecule has 1 aliphatic heterocycles. The second kappa shape index (κ2) is 5.50. The van der Waals surface area contributed by atoms with Crippen LogP contribution in [0.3, 0.4) is 0 Å². The van der Waals surface area contributed by atoms with E-state index in [4.69, 9.17) is 11.6 Å². The van der Waals surface area contributed by atoms with Crippen LogP contribution < -0.4 is 10.2 Å². The van der Waals surface area contributed by atoms with Crippen molar-refractivity contribution in [1.82, 2.24) is 5.32 Å². The highest BCUT2D eigenvalue weighted by Crippen LogP contribution is 2.35. The van der Waals surface area contributed by atoms with Gasteiger partial charge in [-0.05, 0) is 44.9 Å². The number of hydrogen-bond acceptors (Lipinski definition) is 2. The Labute approximate surface area is 115 Å². The van der Waals surface area contributed by atoms with Gasteiger partial charge in [0.05, 0.1) is 10.7 Å². The number of anilines is 1. The number of nitrogens with one attached hydrogen (secondary N) is 1. The third-order valence-electron chi connectivity index (χ3n) is 4.41. The zero-order valence-electron chi connectivity index (χ0n) is 11.7. The third-order valence-corrected chi connectivity index (χ3v) is 4.72. The lowest BCUT2D eigenvalue weighted by Gasteiger charge is -2.44. The largest absolute Gasteiger partial charge is 0.367 e. The van der Waals surface area contributed by atoms with Gasteiger partial charge in [0.1, 0.15) is 0 Å². The molecule has 1 aromatic rings. The molecule has 3 unspecified atom stereocenters. The van der Waals surface area contributed by atoms with Crippen LogP contribution in [-0.2, 0) is 0 Å². The molecule has 18 heavy (non-hydrogen) atoms. The molecular formula is C15H23ClN2. The zero-order chi connectivity index (χ0) is 13.3. The summed E-state index contributed by atoms with van der Waals surface area (Å²) in [6.07, 6.45) is 1.17. The Hall–Kier alpha value is -0.730. The van der Waals surface area contributed by atoms with Gasteiger partial charge in [-0.1, -0.05) is 30.7 Å². The third kappa shape index (κ3) is 2.36. The molecule has 2 rings (SSSR count). The molecule has 0 spiro atoms. The van der Waals surface area contributed by atoms with Gasteiger partial charge in [0, 0.05) is 18.6 Å². The summed E-state index contributed by atoms with van der Waals surface area (Å²) >= 11 is 6.39. The first-order valence-electron chi connectivity index (χ1n) is 6.75. The normalized spacial score (nSPS) is 28.5. The minimum absolute atomic E-state index is 0.509. The summed E-state index contributed by atoms with van der Waals surface area (Å²) in [5, 5.41) is 4.30. The van der Waals surface area contributed by atoms with E-state index >= 15 is 0 Å². The van der Waals surface area contributed by atoms with Crippen LogP contribution in [-0.4, -0.2) is 25.7 Å². The Balaban J connectivity index is 2.29. The molecule has 3 heteroatoms. The number of hydrogen-bond donors (Lipinski definition) is 1. The van der Waals surface area contributed by atoms with Gasteiger partial charge in [-0.25, -0.2) is 0 Å². The quantitative estimate of drug-likeness (QED) is 0.882. The van der Waals surface area contributed by atoms with E-state index in [1.165, 1.54) is 17.7 Å². The molecule has 0 bridgehead atoms. The van der Waals surface area contributed by atoms with Crippen LogP contribution in [0.15, 0.2) is 18.2 Å². The fourth-order valence-electron chi connectivity index (χ4n) is 3.07. The maximum Gasteiger partial charge on any atom is 0.0642 e. The Morgan fingerprint density at radius 2 is 2.06 bits per heavy atom. The van der Waals surface area contributed by atoms with E-state index in [2.05, 4.69) is 44.1 Å². The number of aryl methyl sites for hydroxylation is 1. The first kappa shape index (κ1) is 13.7. The molecule has 0 radical (unpaired) electrons. The van der Waals surface area contributed by atoms with Crippen molar-refractivity contribution in [3.05, 3.63) is 28.8 Å². The second-order valence-electron chi connectivity index (χ2n) is 5.38. The molecule has 1 fully saturated rings. The molecule has 0 aliphatic carbocycles. The summed E-state index contributed by atoms with van der Waals surface area (Å²) in [7, 11) is 2.06. The van der Waals surface area contributed by atoms with Crippen molar-refractivity contribution in [3.63, 3.8) is 0 Å². The molecule has 1 aliphatic rings. The van der Waals surface area contributed by atoms with Crippen LogP contribution in [0.5, 0.6) is 0 Å². The summed E-state index contributed by atoms with van der Waals surface area (Å²) in [4.78, 5) is 2.47. The lowest BCUT2D eigenvalue weighted by Crippen LogP contribution is -2.53. The zero-order valence-corrected chi connectivity index (χ0v) is 12.5. The van der Waals surface area contributed by atoms with E-state index in [1.807, 2.05) is 12.1 Å². The number of benzene rings is 1. The minimum Gasteiger partial charge on any atom is -0.367 e. The number of para-hydroxylation sites is 1. The number of rotatable bonds is 2. The Morgan fingerprint density at radius 3 is 2.67 bits per heavy atom. The first-order chi connectivity index (χ1) is 8.56. The Morgan fingerprint density at radius 1 is 1.33 bits per heavy atom. The van der Waals surface area contributed by atoms with E-state index in [-0.39, 0.29) is 0 Å². The first-order valence-corrected chi connectivity index (χ1v) is 7.13. The van der Waals surface area contributed by atoms with Crippen LogP contribution in [0.1, 0.15) is 25.8 Å². The summed E-state index contributed by atoms with van der Waals surface area (Å²) in [6, 6.07) is 7.28. The van der Waals surface area contributed by atoms with Crippen molar-refractivity contribution in [2.24, 2.45) is 5.92 Å². The summed E-state index contributed by atoms with van der Waals surface area (Å²) in [6.45, 7) is 7.84. The van der Waals surface area contributed by atoms with Crippen molar-refractivity contribution in [1.29, 1.82) is 0 Å². The Bertz CT molecular complexity index is 399. The van der Waals surface area contributed by atoms with E-state index in [9.17, 15) is 0 Å². The predicted octanol–water partition coefficient (Wildman–Crippen LogP) is 3.47. The summed E-state index contributed by atoms with van der Waals surface area (Å²) < 4.78 is 0. The number of halogens is 1. The van der Waals surface area contributed by atoms with Crippen LogP contribution >= 0.6 is 11.6 Å². The standard InChI is InChI=1S/C15H23ClN2/c1-10-6-5-7-13(16)15(10)18-9-8-14(17-4)11(2)12(18)3/h5-7,11-12,14,17H,8-9H2,1-4H3. The van der Waals surface area contributed by atoms with Crippen LogP contribution in [0.2, 0.25) is 5.02 Å². The lowest BCUT2D eigenvalue weighted by atomic mass is 9.86. The maximum atomic E-state index is 6.39. The van der Waals surface area contributed by atoms with Gasteiger partial charge < -0.3 is 10.2 Å². The molecule has 3 atom stereocenters. The summed E-state index contributed by atoms with van der Waals surface area (Å²) in [5.74, 6) is 0.624. The smallest absolute Gasteiger partial charge is 0.0642 e. The molecule has 100 valence electrons. The molecule has 2 nitrogen and oxygen atoms in total. The second-order valence-corrected chi connectivity index (χ2v) is 5.79. The van der Waals surface area contributed by atoms with E-state index in [1.54, 1.807) is 0 Å². The number of piperidine rings is 1. The topological polar surface area (TPSA) is 15.3 Å². The minimum atomic E-state index is 0.509. The molecule has 0 aromatic heterocycles. The molecule has 1 saturated heterocycles. The molecule has 1 aromatic carbocycles. The predicted molar refractivity (Wildman–Crippen MR) is 79.6 cm³/mol. The van der Waals surface area contributed by atoms with E-state index < -0.39 is 0 Å². The average molecular weight is 267 g/mol. The summed E-state index contributed by atoms with van der Waals surface area (Å²) in [5.41, 5.74) is 2.48. The monoisotopic (exact) mass is 266 g/mol. The molecule has 0 amide bonds. The van der Waals surface area contributed by atoms with Crippen LogP contribution in [0.4, 0.5) is 5.69 Å². The lowest BCUT2D eigenvalue weighted by molar-refractivity contribution is 0.282.